The molecule has 2 aromatic rings. The van der Waals surface area contributed by atoms with E-state index in [1.807, 2.05) is 36.5 Å². The molecule has 0 fully saturated rings. The maximum absolute atomic E-state index is 12.9. The van der Waals surface area contributed by atoms with Gasteiger partial charge in [0.1, 0.15) is 12.4 Å². The molecule has 0 saturated carbocycles. The minimum atomic E-state index is -0.755. The molecular weight excluding hydrogens is 281 g/mol. The number of benzene rings is 1. The summed E-state index contributed by atoms with van der Waals surface area (Å²) in [6, 6.07) is 12.2. The lowest BCUT2D eigenvalue weighted by Crippen LogP contribution is -2.36. The maximum atomic E-state index is 12.9. The smallest absolute Gasteiger partial charge is 0.303 e. The van der Waals surface area contributed by atoms with Gasteiger partial charge in [0.25, 0.3) is 0 Å². The highest BCUT2D eigenvalue weighted by Gasteiger charge is 2.06. The lowest BCUT2D eigenvalue weighted by molar-refractivity contribution is -0.699. The zero-order chi connectivity index (χ0) is 15.8. The Morgan fingerprint density at radius 3 is 2.59 bits per heavy atom. The number of carbonyl (C=O) groups is 1. The molecule has 1 aromatic heterocycles. The van der Waals surface area contributed by atoms with Crippen LogP contribution in [-0.2, 0) is 11.3 Å². The van der Waals surface area contributed by atoms with Crippen LogP contribution in [0.25, 0.3) is 12.2 Å². The average Bonchev–Trinajstić information content (AvgIpc) is 2.52. The summed E-state index contributed by atoms with van der Waals surface area (Å²) in [7, 11) is 0. The van der Waals surface area contributed by atoms with E-state index in [-0.39, 0.29) is 12.2 Å². The van der Waals surface area contributed by atoms with Crippen LogP contribution in [0.2, 0.25) is 0 Å². The number of nitrogens with zero attached hydrogens (tertiary/aromatic N) is 1. The van der Waals surface area contributed by atoms with Gasteiger partial charge in [-0.25, -0.2) is 4.39 Å². The fourth-order valence-corrected chi connectivity index (χ4v) is 2.16. The van der Waals surface area contributed by atoms with Crippen molar-refractivity contribution in [3.05, 3.63) is 65.7 Å². The van der Waals surface area contributed by atoms with Crippen molar-refractivity contribution >= 4 is 18.1 Å². The van der Waals surface area contributed by atoms with Crippen LogP contribution in [0.5, 0.6) is 0 Å². The van der Waals surface area contributed by atoms with Gasteiger partial charge in [0, 0.05) is 31.1 Å². The van der Waals surface area contributed by atoms with Gasteiger partial charge in [-0.1, -0.05) is 12.1 Å². The fourth-order valence-electron chi connectivity index (χ4n) is 2.16. The predicted octanol–water partition coefficient (Wildman–Crippen LogP) is 3.54. The second-order valence-corrected chi connectivity index (χ2v) is 5.05. The number of aryl methyl sites for hydroxylation is 1. The van der Waals surface area contributed by atoms with E-state index in [0.29, 0.717) is 6.42 Å². The number of carboxylic acids is 1. The molecule has 0 aliphatic heterocycles. The molecule has 1 N–H and O–H groups in total. The van der Waals surface area contributed by atoms with Gasteiger partial charge in [0.15, 0.2) is 6.20 Å². The fraction of sp³-hybridized carbons (Fsp3) is 0.222. The van der Waals surface area contributed by atoms with E-state index in [2.05, 4.69) is 4.57 Å². The zero-order valence-electron chi connectivity index (χ0n) is 12.3. The number of carboxylic acid groups (broad SMARTS) is 1. The number of aromatic nitrogens is 1. The first-order valence-electron chi connectivity index (χ1n) is 7.29. The van der Waals surface area contributed by atoms with Crippen LogP contribution in [0.3, 0.4) is 0 Å². The molecule has 0 bridgehead atoms. The Hall–Kier alpha value is -2.49. The van der Waals surface area contributed by atoms with Crippen molar-refractivity contribution in [2.75, 3.05) is 0 Å². The summed E-state index contributed by atoms with van der Waals surface area (Å²) in [5.41, 5.74) is 1.96. The van der Waals surface area contributed by atoms with Gasteiger partial charge in [0.05, 0.1) is 0 Å². The number of aliphatic carboxylic acids is 1. The molecule has 22 heavy (non-hydrogen) atoms. The summed E-state index contributed by atoms with van der Waals surface area (Å²) >= 11 is 0. The van der Waals surface area contributed by atoms with Crippen molar-refractivity contribution in [2.24, 2.45) is 0 Å². The van der Waals surface area contributed by atoms with Crippen molar-refractivity contribution < 1.29 is 18.9 Å². The van der Waals surface area contributed by atoms with E-state index in [1.165, 1.54) is 12.1 Å². The molecule has 1 heterocycles. The highest BCUT2D eigenvalue weighted by Crippen LogP contribution is 2.07. The molecule has 0 spiro atoms. The number of halogens is 1. The van der Waals surface area contributed by atoms with Crippen LogP contribution in [0.4, 0.5) is 4.39 Å². The Bertz CT molecular complexity index is 650. The molecule has 0 radical (unpaired) electrons. The number of unbranched alkanes of at least 4 members (excludes halogenated alkanes) is 1. The molecule has 0 aliphatic rings. The van der Waals surface area contributed by atoms with E-state index in [0.717, 1.165) is 24.2 Å². The number of pyridine rings is 1. The molecule has 4 heteroatoms. The average molecular weight is 300 g/mol. The van der Waals surface area contributed by atoms with Gasteiger partial charge >= 0.3 is 5.97 Å². The summed E-state index contributed by atoms with van der Waals surface area (Å²) < 4.78 is 15.0. The highest BCUT2D eigenvalue weighted by atomic mass is 19.1. The van der Waals surface area contributed by atoms with Gasteiger partial charge in [-0.05, 0) is 36.3 Å². The Balaban J connectivity index is 2.01. The first-order valence-corrected chi connectivity index (χ1v) is 7.29. The van der Waals surface area contributed by atoms with Gasteiger partial charge in [-0.15, -0.1) is 0 Å². The van der Waals surface area contributed by atoms with Crippen LogP contribution < -0.4 is 4.57 Å². The molecule has 0 saturated heterocycles. The SMILES string of the molecule is O=C(O)CCCC[n+]1ccccc1/C=C/c1ccc(F)cc1. The van der Waals surface area contributed by atoms with Crippen molar-refractivity contribution in [1.82, 2.24) is 0 Å². The predicted molar refractivity (Wildman–Crippen MR) is 83.5 cm³/mol. The largest absolute Gasteiger partial charge is 0.481 e. The Morgan fingerprint density at radius 2 is 1.86 bits per heavy atom. The molecular formula is C18H19FNO2+. The topological polar surface area (TPSA) is 41.2 Å². The van der Waals surface area contributed by atoms with E-state index < -0.39 is 5.97 Å². The summed E-state index contributed by atoms with van der Waals surface area (Å²) in [6.45, 7) is 0.775. The summed E-state index contributed by atoms with van der Waals surface area (Å²) in [5.74, 6) is -1.00. The Kier molecular flexibility index (Phi) is 5.83. The zero-order valence-corrected chi connectivity index (χ0v) is 12.3. The van der Waals surface area contributed by atoms with Gasteiger partial charge in [-0.3, -0.25) is 4.79 Å². The lowest BCUT2D eigenvalue weighted by atomic mass is 10.2. The van der Waals surface area contributed by atoms with E-state index in [1.54, 1.807) is 12.1 Å². The van der Waals surface area contributed by atoms with Crippen LogP contribution in [0.15, 0.2) is 48.7 Å². The molecule has 0 aliphatic carbocycles. The van der Waals surface area contributed by atoms with Crippen molar-refractivity contribution in [3.8, 4) is 0 Å². The third kappa shape index (κ3) is 5.13. The summed E-state index contributed by atoms with van der Waals surface area (Å²) in [4.78, 5) is 10.5. The maximum Gasteiger partial charge on any atom is 0.303 e. The van der Waals surface area contributed by atoms with Crippen LogP contribution in [-0.4, -0.2) is 11.1 Å². The summed E-state index contributed by atoms with van der Waals surface area (Å²) in [6.07, 6.45) is 7.57. The van der Waals surface area contributed by atoms with E-state index in [4.69, 9.17) is 5.11 Å². The molecule has 0 atom stereocenters. The molecule has 1 aromatic carbocycles. The quantitative estimate of drug-likeness (QED) is 0.627. The lowest BCUT2D eigenvalue weighted by Gasteiger charge is -2.00. The Labute approximate surface area is 129 Å². The normalized spacial score (nSPS) is 11.0. The van der Waals surface area contributed by atoms with Gasteiger partial charge < -0.3 is 5.11 Å². The summed E-state index contributed by atoms with van der Waals surface area (Å²) in [5, 5.41) is 8.65. The number of rotatable bonds is 7. The monoisotopic (exact) mass is 300 g/mol. The van der Waals surface area contributed by atoms with Gasteiger partial charge in [-0.2, -0.15) is 4.57 Å². The molecule has 0 unspecified atom stereocenters. The first kappa shape index (κ1) is 15.9. The third-order valence-corrected chi connectivity index (χ3v) is 3.33. The van der Waals surface area contributed by atoms with Crippen molar-refractivity contribution in [2.45, 2.75) is 25.8 Å². The van der Waals surface area contributed by atoms with E-state index in [9.17, 15) is 9.18 Å². The van der Waals surface area contributed by atoms with Crippen molar-refractivity contribution in [3.63, 3.8) is 0 Å². The molecule has 2 rings (SSSR count). The molecule has 114 valence electrons. The Morgan fingerprint density at radius 1 is 1.09 bits per heavy atom. The van der Waals surface area contributed by atoms with Gasteiger partial charge in [0.2, 0.25) is 5.69 Å². The number of hydrogen-bond acceptors (Lipinski definition) is 1. The molecule has 3 nitrogen and oxygen atoms in total. The van der Waals surface area contributed by atoms with Crippen LogP contribution in [0, 0.1) is 5.82 Å². The minimum absolute atomic E-state index is 0.203. The van der Waals surface area contributed by atoms with Crippen LogP contribution in [0.1, 0.15) is 30.5 Å². The highest BCUT2D eigenvalue weighted by molar-refractivity contribution is 5.67. The number of hydrogen-bond donors (Lipinski definition) is 1. The van der Waals surface area contributed by atoms with Crippen molar-refractivity contribution in [1.29, 1.82) is 0 Å². The molecule has 0 amide bonds. The first-order chi connectivity index (χ1) is 10.6. The second-order valence-electron chi connectivity index (χ2n) is 5.05. The third-order valence-electron chi connectivity index (χ3n) is 3.33. The minimum Gasteiger partial charge on any atom is -0.481 e. The van der Waals surface area contributed by atoms with E-state index >= 15 is 0 Å². The standard InChI is InChI=1S/C18H18FNO2/c19-16-10-7-15(8-11-16)9-12-17-5-1-3-13-20(17)14-4-2-6-18(21)22/h1,3,5,7-13H,2,4,6,14H2/p+1/b12-9+. The van der Waals surface area contributed by atoms with Crippen LogP contribution >= 0.6 is 0 Å². The second kappa shape index (κ2) is 8.08.